The number of carbonyl (C=O) groups is 1. The molecular formula is C21H27IN4O. The van der Waals surface area contributed by atoms with Gasteiger partial charge in [0.15, 0.2) is 5.96 Å². The molecule has 0 aromatic heterocycles. The molecule has 0 saturated heterocycles. The number of fused-ring (bicyclic) bond motifs is 1. The number of aryl methyl sites for hydroxylation is 1. The number of nitrogens with one attached hydrogen (secondary N) is 3. The quantitative estimate of drug-likeness (QED) is 0.351. The van der Waals surface area contributed by atoms with Crippen molar-refractivity contribution >= 4 is 41.5 Å². The lowest BCUT2D eigenvalue weighted by molar-refractivity contribution is -0.116. The summed E-state index contributed by atoms with van der Waals surface area (Å²) in [5.41, 5.74) is 4.67. The molecule has 27 heavy (non-hydrogen) atoms. The Kier molecular flexibility index (Phi) is 8.09. The van der Waals surface area contributed by atoms with E-state index in [-0.39, 0.29) is 35.8 Å². The van der Waals surface area contributed by atoms with Crippen molar-refractivity contribution in [1.82, 2.24) is 10.6 Å². The van der Waals surface area contributed by atoms with Crippen LogP contribution in [0.2, 0.25) is 0 Å². The highest BCUT2D eigenvalue weighted by Crippen LogP contribution is 2.31. The fourth-order valence-electron chi connectivity index (χ4n) is 3.20. The second kappa shape index (κ2) is 10.3. The minimum atomic E-state index is 0. The molecule has 0 spiro atoms. The lowest BCUT2D eigenvalue weighted by Gasteiger charge is -2.26. The van der Waals surface area contributed by atoms with Gasteiger partial charge in [-0.2, -0.15) is 0 Å². The number of hydrogen-bond donors (Lipinski definition) is 3. The molecule has 5 nitrogen and oxygen atoms in total. The first kappa shape index (κ1) is 21.2. The minimum absolute atomic E-state index is 0. The Bertz CT molecular complexity index is 789. The summed E-state index contributed by atoms with van der Waals surface area (Å²) in [6.07, 6.45) is 1.43. The third kappa shape index (κ3) is 5.95. The summed E-state index contributed by atoms with van der Waals surface area (Å²) < 4.78 is 0. The molecule has 6 heteroatoms. The number of hydrogen-bond acceptors (Lipinski definition) is 2. The molecule has 1 heterocycles. The van der Waals surface area contributed by atoms with Crippen LogP contribution in [0.25, 0.3) is 0 Å². The van der Waals surface area contributed by atoms with Crippen molar-refractivity contribution in [3.8, 4) is 0 Å². The third-order valence-corrected chi connectivity index (χ3v) is 4.67. The maximum Gasteiger partial charge on any atom is 0.225 e. The molecule has 0 bridgehead atoms. The van der Waals surface area contributed by atoms with Gasteiger partial charge in [-0.15, -0.1) is 24.0 Å². The van der Waals surface area contributed by atoms with E-state index in [1.54, 1.807) is 7.05 Å². The van der Waals surface area contributed by atoms with Crippen molar-refractivity contribution in [1.29, 1.82) is 0 Å². The maximum atomic E-state index is 11.9. The van der Waals surface area contributed by atoms with Crippen LogP contribution in [0, 0.1) is 6.92 Å². The standard InChI is InChI=1S/C21H26N4O.HI/c1-15-7-9-16(10-8-15)11-12-23-21(22-2)24-14-17-13-20(26)25-19-6-4-3-5-18(17)19;/h3-10,17H,11-14H2,1-2H3,(H,25,26)(H2,22,23,24);1H. The number of anilines is 1. The van der Waals surface area contributed by atoms with Crippen molar-refractivity contribution in [2.45, 2.75) is 25.7 Å². The number of aliphatic imine (C=N–C) groups is 1. The normalized spacial score (nSPS) is 16.0. The molecule has 1 aliphatic rings. The first-order valence-corrected chi connectivity index (χ1v) is 9.04. The molecule has 0 radical (unpaired) electrons. The highest BCUT2D eigenvalue weighted by molar-refractivity contribution is 14.0. The van der Waals surface area contributed by atoms with Crippen LogP contribution in [0.5, 0.6) is 0 Å². The zero-order valence-electron chi connectivity index (χ0n) is 15.8. The van der Waals surface area contributed by atoms with E-state index in [4.69, 9.17) is 0 Å². The van der Waals surface area contributed by atoms with Crippen LogP contribution in [0.3, 0.4) is 0 Å². The summed E-state index contributed by atoms with van der Waals surface area (Å²) in [4.78, 5) is 16.2. The summed E-state index contributed by atoms with van der Waals surface area (Å²) in [5, 5.41) is 9.64. The van der Waals surface area contributed by atoms with Crippen LogP contribution in [0.15, 0.2) is 53.5 Å². The summed E-state index contributed by atoms with van der Waals surface area (Å²) >= 11 is 0. The second-order valence-electron chi connectivity index (χ2n) is 6.65. The zero-order chi connectivity index (χ0) is 18.4. The van der Waals surface area contributed by atoms with Gasteiger partial charge >= 0.3 is 0 Å². The highest BCUT2D eigenvalue weighted by Gasteiger charge is 2.24. The summed E-state index contributed by atoms with van der Waals surface area (Å²) in [7, 11) is 1.77. The zero-order valence-corrected chi connectivity index (χ0v) is 18.1. The maximum absolute atomic E-state index is 11.9. The molecule has 0 fully saturated rings. The van der Waals surface area contributed by atoms with E-state index >= 15 is 0 Å². The Balaban J connectivity index is 0.00000261. The molecule has 0 aliphatic carbocycles. The fraction of sp³-hybridized carbons (Fsp3) is 0.333. The van der Waals surface area contributed by atoms with Crippen molar-refractivity contribution in [2.75, 3.05) is 25.5 Å². The monoisotopic (exact) mass is 478 g/mol. The number of carbonyl (C=O) groups excluding carboxylic acids is 1. The number of rotatable bonds is 5. The largest absolute Gasteiger partial charge is 0.356 e. The van der Waals surface area contributed by atoms with Gasteiger partial charge in [0.05, 0.1) is 0 Å². The van der Waals surface area contributed by atoms with Gasteiger partial charge in [0.2, 0.25) is 5.91 Å². The van der Waals surface area contributed by atoms with Crippen molar-refractivity contribution < 1.29 is 4.79 Å². The third-order valence-electron chi connectivity index (χ3n) is 4.67. The Morgan fingerprint density at radius 3 is 2.63 bits per heavy atom. The Morgan fingerprint density at radius 2 is 1.89 bits per heavy atom. The van der Waals surface area contributed by atoms with E-state index in [2.05, 4.69) is 58.2 Å². The van der Waals surface area contributed by atoms with Gasteiger partial charge in [-0.3, -0.25) is 9.79 Å². The van der Waals surface area contributed by atoms with Crippen molar-refractivity contribution in [3.05, 3.63) is 65.2 Å². The van der Waals surface area contributed by atoms with E-state index in [1.807, 2.05) is 18.2 Å². The molecule has 144 valence electrons. The lowest BCUT2D eigenvalue weighted by atomic mass is 9.90. The summed E-state index contributed by atoms with van der Waals surface area (Å²) in [5.74, 6) is 0.981. The molecule has 3 N–H and O–H groups in total. The number of amides is 1. The molecule has 2 aromatic rings. The minimum Gasteiger partial charge on any atom is -0.356 e. The predicted molar refractivity (Wildman–Crippen MR) is 122 cm³/mol. The number of halogens is 1. The van der Waals surface area contributed by atoms with Gasteiger partial charge in [0.25, 0.3) is 0 Å². The summed E-state index contributed by atoms with van der Waals surface area (Å²) in [6, 6.07) is 16.6. The van der Waals surface area contributed by atoms with Gasteiger partial charge < -0.3 is 16.0 Å². The number of para-hydroxylation sites is 1. The molecule has 3 rings (SSSR count). The topological polar surface area (TPSA) is 65.5 Å². The van der Waals surface area contributed by atoms with Crippen LogP contribution in [-0.4, -0.2) is 32.0 Å². The number of benzene rings is 2. The molecular weight excluding hydrogens is 451 g/mol. The van der Waals surface area contributed by atoms with E-state index in [0.29, 0.717) is 13.0 Å². The lowest BCUT2D eigenvalue weighted by Crippen LogP contribution is -2.41. The van der Waals surface area contributed by atoms with Gasteiger partial charge in [0, 0.05) is 38.2 Å². The Labute approximate surface area is 178 Å². The van der Waals surface area contributed by atoms with Crippen LogP contribution < -0.4 is 16.0 Å². The van der Waals surface area contributed by atoms with Crippen molar-refractivity contribution in [2.24, 2.45) is 4.99 Å². The number of nitrogens with zero attached hydrogens (tertiary/aromatic N) is 1. The average molecular weight is 478 g/mol. The van der Waals surface area contributed by atoms with Gasteiger partial charge in [-0.1, -0.05) is 48.0 Å². The fourth-order valence-corrected chi connectivity index (χ4v) is 3.20. The second-order valence-corrected chi connectivity index (χ2v) is 6.65. The first-order chi connectivity index (χ1) is 12.7. The average Bonchev–Trinajstić information content (AvgIpc) is 2.65. The van der Waals surface area contributed by atoms with E-state index in [1.165, 1.54) is 16.7 Å². The molecule has 0 saturated carbocycles. The van der Waals surface area contributed by atoms with Gasteiger partial charge in [-0.05, 0) is 30.5 Å². The molecule has 1 atom stereocenters. The molecule has 2 aromatic carbocycles. The number of guanidine groups is 1. The van der Waals surface area contributed by atoms with Crippen LogP contribution >= 0.6 is 24.0 Å². The van der Waals surface area contributed by atoms with Crippen LogP contribution in [0.1, 0.15) is 29.0 Å². The highest BCUT2D eigenvalue weighted by atomic mass is 127. The SMILES string of the molecule is CN=C(NCCc1ccc(C)cc1)NCC1CC(=O)Nc2ccccc21.I. The van der Waals surface area contributed by atoms with E-state index in [0.717, 1.165) is 24.6 Å². The summed E-state index contributed by atoms with van der Waals surface area (Å²) in [6.45, 7) is 3.58. The van der Waals surface area contributed by atoms with E-state index in [9.17, 15) is 4.79 Å². The Hall–Kier alpha value is -2.09. The molecule has 1 aliphatic heterocycles. The molecule has 1 unspecified atom stereocenters. The molecule has 1 amide bonds. The Morgan fingerprint density at radius 1 is 1.15 bits per heavy atom. The predicted octanol–water partition coefficient (Wildman–Crippen LogP) is 3.45. The van der Waals surface area contributed by atoms with Crippen LogP contribution in [0.4, 0.5) is 5.69 Å². The van der Waals surface area contributed by atoms with Gasteiger partial charge in [0.1, 0.15) is 0 Å². The van der Waals surface area contributed by atoms with E-state index < -0.39 is 0 Å². The first-order valence-electron chi connectivity index (χ1n) is 9.04. The smallest absolute Gasteiger partial charge is 0.225 e. The van der Waals surface area contributed by atoms with Gasteiger partial charge in [-0.25, -0.2) is 0 Å². The van der Waals surface area contributed by atoms with Crippen molar-refractivity contribution in [3.63, 3.8) is 0 Å². The van der Waals surface area contributed by atoms with Crippen LogP contribution in [-0.2, 0) is 11.2 Å².